The van der Waals surface area contributed by atoms with E-state index in [4.69, 9.17) is 32.7 Å². The van der Waals surface area contributed by atoms with Crippen LogP contribution in [0, 0.1) is 0 Å². The van der Waals surface area contributed by atoms with Crippen molar-refractivity contribution in [1.29, 1.82) is 0 Å². The summed E-state index contributed by atoms with van der Waals surface area (Å²) in [5, 5.41) is 10.5. The lowest BCUT2D eigenvalue weighted by atomic mass is 10.5. The lowest BCUT2D eigenvalue weighted by Crippen LogP contribution is -2.06. The van der Waals surface area contributed by atoms with E-state index in [0.29, 0.717) is 13.2 Å². The highest BCUT2D eigenvalue weighted by Crippen LogP contribution is 2.28. The zero-order chi connectivity index (χ0) is 9.26. The summed E-state index contributed by atoms with van der Waals surface area (Å²) in [5.74, 6) is 0.258. The minimum atomic E-state index is 0.112. The number of ether oxygens (including phenoxy) is 2. The van der Waals surface area contributed by atoms with Crippen LogP contribution in [0.5, 0.6) is 5.75 Å². The first-order valence-corrected chi connectivity index (χ1v) is 4.31. The first-order valence-electron chi connectivity index (χ1n) is 3.56. The Morgan fingerprint density at radius 3 is 2.54 bits per heavy atom. The van der Waals surface area contributed by atoms with Crippen LogP contribution >= 0.6 is 23.2 Å². The minimum Gasteiger partial charge on any atom is -0.484 e. The van der Waals surface area contributed by atoms with Gasteiger partial charge >= 0.3 is 0 Å². The molecule has 1 aromatic rings. The minimum absolute atomic E-state index is 0.112. The van der Waals surface area contributed by atoms with Gasteiger partial charge in [0.1, 0.15) is 12.7 Å². The van der Waals surface area contributed by atoms with Gasteiger partial charge in [0.2, 0.25) is 0 Å². The molecular weight excluding hydrogens is 217 g/mol. The number of hydrogen-bond acceptors (Lipinski definition) is 5. The van der Waals surface area contributed by atoms with Crippen LogP contribution in [0.1, 0.15) is 0 Å². The van der Waals surface area contributed by atoms with Gasteiger partial charge in [-0.05, 0) is 5.21 Å². The molecule has 1 atom stereocenters. The Balaban J connectivity index is 2.07. The van der Waals surface area contributed by atoms with Crippen molar-refractivity contribution >= 4 is 23.2 Å². The van der Waals surface area contributed by atoms with Crippen molar-refractivity contribution in [2.45, 2.75) is 6.10 Å². The van der Waals surface area contributed by atoms with E-state index in [2.05, 4.69) is 15.4 Å². The largest absolute Gasteiger partial charge is 0.484 e. The zero-order valence-electron chi connectivity index (χ0n) is 6.41. The third-order valence-electron chi connectivity index (χ3n) is 1.46. The summed E-state index contributed by atoms with van der Waals surface area (Å²) in [6.07, 6.45) is 0.139. The van der Waals surface area contributed by atoms with Gasteiger partial charge in [0.05, 0.1) is 6.61 Å². The highest BCUT2D eigenvalue weighted by molar-refractivity contribution is 6.35. The normalized spacial score (nSPS) is 20.0. The van der Waals surface area contributed by atoms with E-state index in [9.17, 15) is 0 Å². The van der Waals surface area contributed by atoms with Crippen molar-refractivity contribution < 1.29 is 9.47 Å². The fourth-order valence-electron chi connectivity index (χ4n) is 0.736. The molecule has 70 valence electrons. The van der Waals surface area contributed by atoms with Crippen LogP contribution in [-0.2, 0) is 4.74 Å². The Hall–Kier alpha value is -0.650. The molecule has 1 aliphatic rings. The summed E-state index contributed by atoms with van der Waals surface area (Å²) in [6, 6.07) is 0. The van der Waals surface area contributed by atoms with Gasteiger partial charge in [0, 0.05) is 0 Å². The Bertz CT molecular complexity index is 298. The first kappa shape index (κ1) is 8.93. The molecule has 0 N–H and O–H groups in total. The van der Waals surface area contributed by atoms with Crippen molar-refractivity contribution in [3.8, 4) is 5.75 Å². The molecule has 2 heterocycles. The van der Waals surface area contributed by atoms with Crippen LogP contribution in [0.3, 0.4) is 0 Å². The van der Waals surface area contributed by atoms with Crippen molar-refractivity contribution in [2.75, 3.05) is 13.2 Å². The smallest absolute Gasteiger partial charge is 0.198 e. The Kier molecular flexibility index (Phi) is 2.48. The summed E-state index contributed by atoms with van der Waals surface area (Å²) >= 11 is 11.3. The van der Waals surface area contributed by atoms with Gasteiger partial charge in [0.25, 0.3) is 0 Å². The van der Waals surface area contributed by atoms with Crippen molar-refractivity contribution in [1.82, 2.24) is 15.4 Å². The van der Waals surface area contributed by atoms with E-state index in [1.54, 1.807) is 0 Å². The van der Waals surface area contributed by atoms with E-state index < -0.39 is 0 Å². The third-order valence-corrected chi connectivity index (χ3v) is 1.95. The van der Waals surface area contributed by atoms with Gasteiger partial charge < -0.3 is 9.47 Å². The van der Waals surface area contributed by atoms with Crippen molar-refractivity contribution in [3.63, 3.8) is 0 Å². The Morgan fingerprint density at radius 1 is 1.38 bits per heavy atom. The molecular formula is C6H5Cl2N3O2. The number of epoxide rings is 1. The monoisotopic (exact) mass is 221 g/mol. The number of rotatable bonds is 3. The maximum atomic E-state index is 5.67. The number of halogens is 2. The highest BCUT2D eigenvalue weighted by Gasteiger charge is 2.24. The van der Waals surface area contributed by atoms with E-state index in [-0.39, 0.29) is 22.2 Å². The van der Waals surface area contributed by atoms with Gasteiger partial charge in [-0.25, -0.2) is 0 Å². The predicted octanol–water partition coefficient (Wildman–Crippen LogP) is 0.956. The van der Waals surface area contributed by atoms with Gasteiger partial charge in [-0.2, -0.15) is 0 Å². The highest BCUT2D eigenvalue weighted by atomic mass is 35.5. The van der Waals surface area contributed by atoms with Crippen LogP contribution < -0.4 is 4.74 Å². The van der Waals surface area contributed by atoms with Crippen LogP contribution in [0.15, 0.2) is 0 Å². The first-order chi connectivity index (χ1) is 6.27. The second kappa shape index (κ2) is 3.61. The summed E-state index contributed by atoms with van der Waals surface area (Å²) in [7, 11) is 0. The molecule has 5 nitrogen and oxygen atoms in total. The second-order valence-corrected chi connectivity index (χ2v) is 3.18. The van der Waals surface area contributed by atoms with E-state index >= 15 is 0 Å². The third kappa shape index (κ3) is 2.18. The molecule has 1 fully saturated rings. The molecule has 0 aromatic carbocycles. The molecule has 1 saturated heterocycles. The lowest BCUT2D eigenvalue weighted by molar-refractivity contribution is 0.261. The van der Waals surface area contributed by atoms with Crippen LogP contribution in [0.2, 0.25) is 10.3 Å². The molecule has 13 heavy (non-hydrogen) atoms. The van der Waals surface area contributed by atoms with Crippen LogP contribution in [-0.4, -0.2) is 34.7 Å². The number of aromatic nitrogens is 3. The van der Waals surface area contributed by atoms with Gasteiger partial charge in [-0.3, -0.25) is 0 Å². The molecule has 2 rings (SSSR count). The van der Waals surface area contributed by atoms with Crippen LogP contribution in [0.4, 0.5) is 0 Å². The van der Waals surface area contributed by atoms with Gasteiger partial charge in [-0.15, -0.1) is 10.2 Å². The molecule has 0 saturated carbocycles. The average molecular weight is 222 g/mol. The van der Waals surface area contributed by atoms with Crippen molar-refractivity contribution in [3.05, 3.63) is 10.3 Å². The average Bonchev–Trinajstić information content (AvgIpc) is 2.87. The van der Waals surface area contributed by atoms with Gasteiger partial charge in [-0.1, -0.05) is 23.2 Å². The summed E-state index contributed by atoms with van der Waals surface area (Å²) < 4.78 is 10.2. The summed E-state index contributed by atoms with van der Waals surface area (Å²) in [5.41, 5.74) is 0. The topological polar surface area (TPSA) is 60.4 Å². The number of nitrogens with zero attached hydrogens (tertiary/aromatic N) is 3. The molecule has 0 bridgehead atoms. The lowest BCUT2D eigenvalue weighted by Gasteiger charge is -2.04. The zero-order valence-corrected chi connectivity index (χ0v) is 7.92. The molecule has 1 unspecified atom stereocenters. The number of hydrogen-bond donors (Lipinski definition) is 0. The fraction of sp³-hybridized carbons (Fsp3) is 0.500. The molecule has 0 radical (unpaired) electrons. The SMILES string of the molecule is Clc1nnnc(Cl)c1OCC1CO1. The van der Waals surface area contributed by atoms with Crippen LogP contribution in [0.25, 0.3) is 0 Å². The van der Waals surface area contributed by atoms with E-state index in [0.717, 1.165) is 0 Å². The maximum Gasteiger partial charge on any atom is 0.198 e. The second-order valence-electron chi connectivity index (χ2n) is 2.47. The van der Waals surface area contributed by atoms with Gasteiger partial charge in [0.15, 0.2) is 16.1 Å². The Morgan fingerprint density at radius 2 is 2.00 bits per heavy atom. The van der Waals surface area contributed by atoms with E-state index in [1.165, 1.54) is 0 Å². The molecule has 1 aliphatic heterocycles. The summed E-state index contributed by atoms with van der Waals surface area (Å²) in [6.45, 7) is 1.12. The molecule has 0 amide bonds. The molecule has 7 heteroatoms. The quantitative estimate of drug-likeness (QED) is 0.712. The molecule has 0 aliphatic carbocycles. The van der Waals surface area contributed by atoms with E-state index in [1.807, 2.05) is 0 Å². The molecule has 0 spiro atoms. The standard InChI is InChI=1S/C6H5Cl2N3O2/c7-5-4(6(8)10-11-9-5)13-2-3-1-12-3/h3H,1-2H2. The van der Waals surface area contributed by atoms with Crippen molar-refractivity contribution in [2.24, 2.45) is 0 Å². The predicted molar refractivity (Wildman–Crippen MR) is 45.1 cm³/mol. The summed E-state index contributed by atoms with van der Waals surface area (Å²) in [4.78, 5) is 0. The Labute approximate surface area is 83.9 Å². The maximum absolute atomic E-state index is 5.67. The fourth-order valence-corrected chi connectivity index (χ4v) is 1.14. The molecule has 1 aromatic heterocycles.